The van der Waals surface area contributed by atoms with E-state index in [4.69, 9.17) is 9.47 Å². The van der Waals surface area contributed by atoms with Crippen molar-refractivity contribution in [3.8, 4) is 5.75 Å². The fraction of sp³-hybridized carbons (Fsp3) is 0.588. The number of likely N-dealkylation sites (tertiary alicyclic amines) is 1. The molecule has 0 spiro atoms. The van der Waals surface area contributed by atoms with E-state index in [1.54, 1.807) is 19.2 Å². The average molecular weight is 345 g/mol. The maximum Gasteiger partial charge on any atom is 0.471 e. The van der Waals surface area contributed by atoms with Gasteiger partial charge in [0.1, 0.15) is 11.9 Å². The third-order valence-electron chi connectivity index (χ3n) is 4.01. The molecule has 0 saturated carbocycles. The maximum atomic E-state index is 12.6. The van der Waals surface area contributed by atoms with E-state index in [1.807, 2.05) is 19.1 Å². The first-order valence-electron chi connectivity index (χ1n) is 7.93. The van der Waals surface area contributed by atoms with Crippen LogP contribution in [0.25, 0.3) is 0 Å². The Bertz CT molecular complexity index is 545. The molecule has 24 heavy (non-hydrogen) atoms. The van der Waals surface area contributed by atoms with E-state index in [0.29, 0.717) is 31.6 Å². The summed E-state index contributed by atoms with van der Waals surface area (Å²) in [5.41, 5.74) is 0.883. The monoisotopic (exact) mass is 345 g/mol. The fourth-order valence-corrected chi connectivity index (χ4v) is 2.96. The number of carbonyl (C=O) groups excluding carboxylic acids is 1. The minimum Gasteiger partial charge on any atom is -0.488 e. The molecule has 1 aliphatic rings. The highest BCUT2D eigenvalue weighted by molar-refractivity contribution is 5.82. The summed E-state index contributed by atoms with van der Waals surface area (Å²) in [5, 5.41) is 0. The van der Waals surface area contributed by atoms with Gasteiger partial charge in [-0.25, -0.2) is 0 Å². The quantitative estimate of drug-likeness (QED) is 0.795. The first-order valence-corrected chi connectivity index (χ1v) is 7.93. The van der Waals surface area contributed by atoms with Crippen LogP contribution in [0.1, 0.15) is 25.3 Å². The zero-order valence-electron chi connectivity index (χ0n) is 13.8. The van der Waals surface area contributed by atoms with Gasteiger partial charge < -0.3 is 14.4 Å². The van der Waals surface area contributed by atoms with E-state index in [9.17, 15) is 18.0 Å². The van der Waals surface area contributed by atoms with Gasteiger partial charge in [-0.3, -0.25) is 4.79 Å². The number of methoxy groups -OCH3 is 1. The molecular formula is C17H22F3NO3. The normalized spacial score (nSPS) is 19.4. The third-order valence-corrected chi connectivity index (χ3v) is 4.01. The molecule has 1 unspecified atom stereocenters. The molecule has 1 aromatic carbocycles. The molecule has 1 heterocycles. The van der Waals surface area contributed by atoms with Crippen LogP contribution in [0.3, 0.4) is 0 Å². The lowest BCUT2D eigenvalue weighted by atomic mass is 10.0. The number of ether oxygens (including phenoxy) is 2. The van der Waals surface area contributed by atoms with Crippen molar-refractivity contribution in [2.75, 3.05) is 20.3 Å². The van der Waals surface area contributed by atoms with Crippen LogP contribution in [0, 0.1) is 0 Å². The van der Waals surface area contributed by atoms with E-state index in [2.05, 4.69) is 0 Å². The molecule has 4 nitrogen and oxygen atoms in total. The molecule has 1 aliphatic heterocycles. The molecule has 0 bridgehead atoms. The summed E-state index contributed by atoms with van der Waals surface area (Å²) in [6.45, 7) is 2.52. The first kappa shape index (κ1) is 18.6. The summed E-state index contributed by atoms with van der Waals surface area (Å²) in [5.74, 6) is -1.06. The first-order chi connectivity index (χ1) is 11.3. The molecule has 1 fully saturated rings. The van der Waals surface area contributed by atoms with Gasteiger partial charge in [-0.1, -0.05) is 12.1 Å². The van der Waals surface area contributed by atoms with Gasteiger partial charge in [-0.15, -0.1) is 0 Å². The largest absolute Gasteiger partial charge is 0.488 e. The van der Waals surface area contributed by atoms with Gasteiger partial charge in [0.05, 0.1) is 6.61 Å². The number of hydrogen-bond acceptors (Lipinski definition) is 3. The molecule has 0 N–H and O–H groups in total. The Hall–Kier alpha value is -1.76. The van der Waals surface area contributed by atoms with Crippen molar-refractivity contribution in [3.63, 3.8) is 0 Å². The van der Waals surface area contributed by atoms with Gasteiger partial charge in [0.25, 0.3) is 0 Å². The Morgan fingerprint density at radius 3 is 2.58 bits per heavy atom. The summed E-state index contributed by atoms with van der Waals surface area (Å²) in [6, 6.07) is 6.81. The van der Waals surface area contributed by atoms with E-state index in [-0.39, 0.29) is 12.6 Å². The number of hydrogen-bond donors (Lipinski definition) is 0. The van der Waals surface area contributed by atoms with E-state index < -0.39 is 18.1 Å². The number of nitrogens with zero attached hydrogens (tertiary/aromatic N) is 1. The van der Waals surface area contributed by atoms with Crippen LogP contribution in [0.4, 0.5) is 13.2 Å². The van der Waals surface area contributed by atoms with Gasteiger partial charge in [-0.2, -0.15) is 13.2 Å². The Morgan fingerprint density at radius 2 is 2.00 bits per heavy atom. The molecule has 0 aromatic heterocycles. The van der Waals surface area contributed by atoms with Crippen LogP contribution < -0.4 is 4.74 Å². The zero-order valence-corrected chi connectivity index (χ0v) is 13.8. The Labute approximate surface area is 139 Å². The molecule has 134 valence electrons. The second-order valence-electron chi connectivity index (χ2n) is 6.02. The van der Waals surface area contributed by atoms with Crippen molar-refractivity contribution in [2.45, 2.75) is 44.5 Å². The standard InChI is InChI=1S/C17H22F3NO3/c1-12(11-23-2)24-15-7-5-13(6-8-15)10-14-4-3-9-21(14)16(22)17(18,19)20/h5-8,12,14H,3-4,9-11H2,1-2H3/t12-,14?/m1/s1. The van der Waals surface area contributed by atoms with Gasteiger partial charge >= 0.3 is 12.1 Å². The van der Waals surface area contributed by atoms with Crippen molar-refractivity contribution in [1.29, 1.82) is 0 Å². The van der Waals surface area contributed by atoms with E-state index in [1.165, 1.54) is 0 Å². The summed E-state index contributed by atoms with van der Waals surface area (Å²) < 4.78 is 48.5. The van der Waals surface area contributed by atoms with Crippen molar-refractivity contribution in [3.05, 3.63) is 29.8 Å². The topological polar surface area (TPSA) is 38.8 Å². The Morgan fingerprint density at radius 1 is 1.33 bits per heavy atom. The van der Waals surface area contributed by atoms with Crippen LogP contribution in [-0.2, 0) is 16.0 Å². The minimum atomic E-state index is -4.81. The SMILES string of the molecule is COC[C@@H](C)Oc1ccc(CC2CCCN2C(=O)C(F)(F)F)cc1. The summed E-state index contributed by atoms with van der Waals surface area (Å²) in [6.07, 6.45) is -3.30. The second kappa shape index (κ2) is 7.88. The Kier molecular flexibility index (Phi) is 6.10. The molecule has 2 rings (SSSR count). The minimum absolute atomic E-state index is 0.0874. The number of halogens is 3. The summed E-state index contributed by atoms with van der Waals surface area (Å²) >= 11 is 0. The zero-order chi connectivity index (χ0) is 17.7. The second-order valence-corrected chi connectivity index (χ2v) is 6.02. The van der Waals surface area contributed by atoms with Crippen LogP contribution in [0.15, 0.2) is 24.3 Å². The summed E-state index contributed by atoms with van der Waals surface area (Å²) in [7, 11) is 1.60. The number of amides is 1. The van der Waals surface area contributed by atoms with E-state index >= 15 is 0 Å². The van der Waals surface area contributed by atoms with Crippen molar-refractivity contribution in [1.82, 2.24) is 4.90 Å². The summed E-state index contributed by atoms with van der Waals surface area (Å²) in [4.78, 5) is 12.4. The number of rotatable bonds is 6. The Balaban J connectivity index is 1.96. The predicted molar refractivity (Wildman–Crippen MR) is 82.9 cm³/mol. The molecule has 0 aliphatic carbocycles. The highest BCUT2D eigenvalue weighted by Crippen LogP contribution is 2.28. The molecule has 1 amide bonds. The fourth-order valence-electron chi connectivity index (χ4n) is 2.96. The van der Waals surface area contributed by atoms with Crippen molar-refractivity contribution < 1.29 is 27.4 Å². The average Bonchev–Trinajstić information content (AvgIpc) is 2.95. The number of benzene rings is 1. The van der Waals surface area contributed by atoms with Crippen LogP contribution in [-0.4, -0.2) is 49.4 Å². The highest BCUT2D eigenvalue weighted by atomic mass is 19.4. The van der Waals surface area contributed by atoms with Crippen LogP contribution in [0.5, 0.6) is 5.75 Å². The number of carbonyl (C=O) groups is 1. The van der Waals surface area contributed by atoms with Gasteiger partial charge in [-0.05, 0) is 43.9 Å². The molecule has 0 radical (unpaired) electrons. The predicted octanol–water partition coefficient (Wildman–Crippen LogP) is 3.20. The van der Waals surface area contributed by atoms with Crippen molar-refractivity contribution in [2.24, 2.45) is 0 Å². The maximum absolute atomic E-state index is 12.6. The van der Waals surface area contributed by atoms with Crippen LogP contribution in [0.2, 0.25) is 0 Å². The van der Waals surface area contributed by atoms with Gasteiger partial charge in [0.2, 0.25) is 0 Å². The third kappa shape index (κ3) is 4.87. The lowest BCUT2D eigenvalue weighted by Crippen LogP contribution is -2.44. The number of alkyl halides is 3. The molecule has 2 atom stereocenters. The molecule has 7 heteroatoms. The smallest absolute Gasteiger partial charge is 0.471 e. The van der Waals surface area contributed by atoms with Crippen molar-refractivity contribution >= 4 is 5.91 Å². The van der Waals surface area contributed by atoms with Gasteiger partial charge in [0.15, 0.2) is 0 Å². The van der Waals surface area contributed by atoms with Gasteiger partial charge in [0, 0.05) is 19.7 Å². The molecule has 1 saturated heterocycles. The van der Waals surface area contributed by atoms with Crippen LogP contribution >= 0.6 is 0 Å². The lowest BCUT2D eigenvalue weighted by molar-refractivity contribution is -0.186. The molecular weight excluding hydrogens is 323 g/mol. The molecule has 1 aromatic rings. The highest BCUT2D eigenvalue weighted by Gasteiger charge is 2.45. The lowest BCUT2D eigenvalue weighted by Gasteiger charge is -2.25. The van der Waals surface area contributed by atoms with E-state index in [0.717, 1.165) is 10.5 Å².